The van der Waals surface area contributed by atoms with Crippen LogP contribution in [0.1, 0.15) is 45.0 Å². The lowest BCUT2D eigenvalue weighted by molar-refractivity contribution is 0.0697. The fourth-order valence-electron chi connectivity index (χ4n) is 4.39. The number of carboxylic acid groups (broad SMARTS) is 1. The van der Waals surface area contributed by atoms with Gasteiger partial charge in [-0.15, -0.1) is 0 Å². The van der Waals surface area contributed by atoms with E-state index in [0.717, 1.165) is 28.1 Å². The van der Waals surface area contributed by atoms with Crippen LogP contribution in [0, 0.1) is 6.92 Å². The van der Waals surface area contributed by atoms with E-state index in [0.29, 0.717) is 17.4 Å². The van der Waals surface area contributed by atoms with Crippen molar-refractivity contribution in [1.82, 2.24) is 15.2 Å². The average Bonchev–Trinajstić information content (AvgIpc) is 3.45. The monoisotopic (exact) mass is 469 g/mol. The second kappa shape index (κ2) is 9.11. The van der Waals surface area contributed by atoms with Crippen molar-refractivity contribution in [3.05, 3.63) is 113 Å². The summed E-state index contributed by atoms with van der Waals surface area (Å²) in [5.74, 6) is 0.493. The van der Waals surface area contributed by atoms with Gasteiger partial charge in [0.1, 0.15) is 17.6 Å². The van der Waals surface area contributed by atoms with Gasteiger partial charge in [-0.1, -0.05) is 42.5 Å². The smallest absolute Gasteiger partial charge is 0.335 e. The van der Waals surface area contributed by atoms with Gasteiger partial charge >= 0.3 is 5.97 Å². The number of hydrogen-bond donors (Lipinski definition) is 2. The van der Waals surface area contributed by atoms with Gasteiger partial charge < -0.3 is 19.7 Å². The molecule has 0 radical (unpaired) electrons. The molecule has 2 N–H and O–H groups in total. The Labute approximate surface area is 202 Å². The molecule has 34 heavy (non-hydrogen) atoms. The lowest BCUT2D eigenvalue weighted by Gasteiger charge is -2.26. The molecule has 0 unspecified atom stereocenters. The topological polar surface area (TPSA) is 78.6 Å². The number of thiocarbonyl (C=S) groups is 1. The third-order valence-electron chi connectivity index (χ3n) is 6.05. The van der Waals surface area contributed by atoms with E-state index in [1.807, 2.05) is 55.5 Å². The highest BCUT2D eigenvalue weighted by Crippen LogP contribution is 2.41. The summed E-state index contributed by atoms with van der Waals surface area (Å²) < 4.78 is 6.39. The molecule has 2 aromatic carbocycles. The number of benzene rings is 2. The molecule has 0 spiro atoms. The van der Waals surface area contributed by atoms with E-state index in [4.69, 9.17) is 16.6 Å². The number of pyridine rings is 1. The Morgan fingerprint density at radius 2 is 1.88 bits per heavy atom. The highest BCUT2D eigenvalue weighted by molar-refractivity contribution is 7.80. The van der Waals surface area contributed by atoms with Crippen LogP contribution in [0.5, 0.6) is 0 Å². The van der Waals surface area contributed by atoms with Crippen LogP contribution in [-0.2, 0) is 6.54 Å². The Morgan fingerprint density at radius 1 is 1.09 bits per heavy atom. The molecule has 6 nitrogen and oxygen atoms in total. The lowest BCUT2D eigenvalue weighted by atomic mass is 10.0. The minimum absolute atomic E-state index is 0.174. The van der Waals surface area contributed by atoms with Gasteiger partial charge in [-0.25, -0.2) is 4.79 Å². The third-order valence-corrected chi connectivity index (χ3v) is 6.40. The molecule has 0 saturated carbocycles. The first-order valence-corrected chi connectivity index (χ1v) is 11.4. The molecule has 4 aromatic rings. The second-order valence-corrected chi connectivity index (χ2v) is 8.66. The zero-order chi connectivity index (χ0) is 23.7. The van der Waals surface area contributed by atoms with Crippen molar-refractivity contribution in [2.45, 2.75) is 25.6 Å². The molecule has 2 atom stereocenters. The molecule has 0 amide bonds. The Balaban J connectivity index is 1.53. The van der Waals surface area contributed by atoms with Crippen LogP contribution in [0.4, 0.5) is 0 Å². The molecule has 2 aromatic heterocycles. The van der Waals surface area contributed by atoms with E-state index in [-0.39, 0.29) is 17.6 Å². The van der Waals surface area contributed by atoms with Gasteiger partial charge in [0, 0.05) is 18.3 Å². The number of hydrogen-bond acceptors (Lipinski definition) is 4. The maximum atomic E-state index is 11.3. The SMILES string of the molecule is Cc1cc(C(=O)O)ccc1-c1ccc([C@H]2[C@H](c3ccccn3)NC(=S)N2Cc2ccccc2)o1. The summed E-state index contributed by atoms with van der Waals surface area (Å²) >= 11 is 5.74. The van der Waals surface area contributed by atoms with Crippen molar-refractivity contribution in [3.63, 3.8) is 0 Å². The molecular formula is C27H23N3O3S. The van der Waals surface area contributed by atoms with Crippen LogP contribution in [0.2, 0.25) is 0 Å². The van der Waals surface area contributed by atoms with Gasteiger partial charge in [0.25, 0.3) is 0 Å². The van der Waals surface area contributed by atoms with E-state index in [1.54, 1.807) is 24.4 Å². The minimum Gasteiger partial charge on any atom is -0.478 e. The van der Waals surface area contributed by atoms with Crippen LogP contribution >= 0.6 is 12.2 Å². The maximum Gasteiger partial charge on any atom is 0.335 e. The van der Waals surface area contributed by atoms with Gasteiger partial charge in [-0.05, 0) is 66.7 Å². The second-order valence-electron chi connectivity index (χ2n) is 8.28. The number of aryl methyl sites for hydroxylation is 1. The maximum absolute atomic E-state index is 11.3. The number of aromatic nitrogens is 1. The standard InChI is InChI=1S/C27H23N3O3S/c1-17-15-19(26(31)32)10-11-20(17)22-12-13-23(33-22)25-24(21-9-5-6-14-28-21)29-27(34)30(25)16-18-7-3-2-4-8-18/h2-15,24-25H,16H2,1H3,(H,29,34)(H,31,32)/t24-,25-/m0/s1. The molecule has 0 bridgehead atoms. The van der Waals surface area contributed by atoms with Gasteiger partial charge in [-0.2, -0.15) is 0 Å². The molecule has 7 heteroatoms. The van der Waals surface area contributed by atoms with Crippen molar-refractivity contribution < 1.29 is 14.3 Å². The molecule has 0 aliphatic carbocycles. The van der Waals surface area contributed by atoms with Gasteiger partial charge in [0.15, 0.2) is 5.11 Å². The third kappa shape index (κ3) is 4.18. The predicted molar refractivity (Wildman–Crippen MR) is 133 cm³/mol. The first-order valence-electron chi connectivity index (χ1n) is 11.0. The highest BCUT2D eigenvalue weighted by atomic mass is 32.1. The Hall–Kier alpha value is -3.97. The van der Waals surface area contributed by atoms with Crippen LogP contribution in [0.25, 0.3) is 11.3 Å². The van der Waals surface area contributed by atoms with Crippen LogP contribution in [-0.4, -0.2) is 26.1 Å². The fraction of sp³-hybridized carbons (Fsp3) is 0.148. The van der Waals surface area contributed by atoms with Gasteiger partial charge in [0.05, 0.1) is 17.3 Å². The van der Waals surface area contributed by atoms with E-state index < -0.39 is 5.97 Å². The number of nitrogens with one attached hydrogen (secondary N) is 1. The quantitative estimate of drug-likeness (QED) is 0.360. The highest BCUT2D eigenvalue weighted by Gasteiger charge is 2.41. The number of carboxylic acids is 1. The molecular weight excluding hydrogens is 446 g/mol. The molecule has 5 rings (SSSR count). The van der Waals surface area contributed by atoms with Crippen LogP contribution in [0.15, 0.2) is 89.5 Å². The molecule has 1 fully saturated rings. The van der Waals surface area contributed by atoms with Crippen molar-refractivity contribution in [2.24, 2.45) is 0 Å². The Bertz CT molecular complexity index is 1340. The number of furan rings is 1. The first kappa shape index (κ1) is 21.9. The van der Waals surface area contributed by atoms with E-state index >= 15 is 0 Å². The zero-order valence-electron chi connectivity index (χ0n) is 18.5. The zero-order valence-corrected chi connectivity index (χ0v) is 19.3. The summed E-state index contributed by atoms with van der Waals surface area (Å²) in [6, 6.07) is 24.6. The fourth-order valence-corrected chi connectivity index (χ4v) is 4.70. The normalized spacial score (nSPS) is 17.6. The summed E-state index contributed by atoms with van der Waals surface area (Å²) in [6.07, 6.45) is 1.78. The van der Waals surface area contributed by atoms with Crippen molar-refractivity contribution in [3.8, 4) is 11.3 Å². The molecule has 170 valence electrons. The average molecular weight is 470 g/mol. The first-order chi connectivity index (χ1) is 16.5. The van der Waals surface area contributed by atoms with Crippen molar-refractivity contribution in [1.29, 1.82) is 0 Å². The number of rotatable bonds is 6. The van der Waals surface area contributed by atoms with Crippen LogP contribution < -0.4 is 5.32 Å². The van der Waals surface area contributed by atoms with Crippen molar-refractivity contribution >= 4 is 23.3 Å². The molecule has 1 aliphatic heterocycles. The van der Waals surface area contributed by atoms with E-state index in [1.165, 1.54) is 0 Å². The summed E-state index contributed by atoms with van der Waals surface area (Å²) in [7, 11) is 0. The molecule has 1 saturated heterocycles. The van der Waals surface area contributed by atoms with E-state index in [9.17, 15) is 9.90 Å². The summed E-state index contributed by atoms with van der Waals surface area (Å²) in [6.45, 7) is 2.51. The molecule has 1 aliphatic rings. The van der Waals surface area contributed by atoms with Gasteiger partial charge in [-0.3, -0.25) is 4.98 Å². The van der Waals surface area contributed by atoms with E-state index in [2.05, 4.69) is 27.3 Å². The molecule has 3 heterocycles. The number of nitrogens with zero attached hydrogens (tertiary/aromatic N) is 2. The number of carbonyl (C=O) groups is 1. The summed E-state index contributed by atoms with van der Waals surface area (Å²) in [5.41, 5.74) is 3.97. The number of aromatic carboxylic acids is 1. The summed E-state index contributed by atoms with van der Waals surface area (Å²) in [4.78, 5) is 18.0. The summed E-state index contributed by atoms with van der Waals surface area (Å²) in [5, 5.41) is 13.4. The minimum atomic E-state index is -0.949. The van der Waals surface area contributed by atoms with Crippen LogP contribution in [0.3, 0.4) is 0 Å². The Morgan fingerprint density at radius 3 is 2.59 bits per heavy atom. The van der Waals surface area contributed by atoms with Crippen molar-refractivity contribution in [2.75, 3.05) is 0 Å². The van der Waals surface area contributed by atoms with Gasteiger partial charge in [0.2, 0.25) is 0 Å². The Kier molecular flexibility index (Phi) is 5.86. The largest absolute Gasteiger partial charge is 0.478 e. The predicted octanol–water partition coefficient (Wildman–Crippen LogP) is 5.52. The lowest BCUT2D eigenvalue weighted by Crippen LogP contribution is -2.29.